The molecule has 0 aromatic rings. The molecule has 1 heterocycles. The van der Waals surface area contributed by atoms with Gasteiger partial charge in [0.25, 0.3) is 0 Å². The number of hydrogen-bond acceptors (Lipinski definition) is 4. The summed E-state index contributed by atoms with van der Waals surface area (Å²) in [5.74, 6) is 6.28. The largest absolute Gasteiger partial charge is 0.380 e. The number of ether oxygens (including phenoxy) is 2. The van der Waals surface area contributed by atoms with Crippen LogP contribution in [0.2, 0.25) is 0 Å². The molecule has 0 spiro atoms. The van der Waals surface area contributed by atoms with Crippen LogP contribution in [0.25, 0.3) is 0 Å². The van der Waals surface area contributed by atoms with Gasteiger partial charge < -0.3 is 9.47 Å². The van der Waals surface area contributed by atoms with Crippen LogP contribution >= 0.6 is 0 Å². The van der Waals surface area contributed by atoms with E-state index in [9.17, 15) is 0 Å². The average molecular weight is 256 g/mol. The van der Waals surface area contributed by atoms with E-state index >= 15 is 0 Å². The molecule has 2 fully saturated rings. The highest BCUT2D eigenvalue weighted by Gasteiger charge is 2.30. The molecule has 0 aromatic carbocycles. The molecule has 0 bridgehead atoms. The number of nitrogens with zero attached hydrogens (tertiary/aromatic N) is 1. The number of hydrazine groups is 1. The minimum atomic E-state index is 0.340. The maximum atomic E-state index is 6.28. The standard InChI is InChI=1S/C14H28N2O2/c1-11(2)18-14-7-5-12(6-8-14)16(15)13-4-3-9-17-10-13/h11-14H,3-10,15H2,1-2H3. The molecular formula is C14H28N2O2. The smallest absolute Gasteiger partial charge is 0.0635 e. The second kappa shape index (κ2) is 6.85. The van der Waals surface area contributed by atoms with Crippen LogP contribution in [0.3, 0.4) is 0 Å². The monoisotopic (exact) mass is 256 g/mol. The fourth-order valence-corrected chi connectivity index (χ4v) is 3.12. The fourth-order valence-electron chi connectivity index (χ4n) is 3.12. The van der Waals surface area contributed by atoms with Crippen molar-refractivity contribution in [1.29, 1.82) is 0 Å². The summed E-state index contributed by atoms with van der Waals surface area (Å²) < 4.78 is 11.4. The first kappa shape index (κ1) is 14.3. The molecule has 18 heavy (non-hydrogen) atoms. The van der Waals surface area contributed by atoms with Gasteiger partial charge in [-0.15, -0.1) is 0 Å². The second-order valence-corrected chi connectivity index (χ2v) is 5.93. The lowest BCUT2D eigenvalue weighted by Gasteiger charge is -2.40. The van der Waals surface area contributed by atoms with E-state index in [0.717, 1.165) is 45.3 Å². The lowest BCUT2D eigenvalue weighted by Crippen LogP contribution is -2.52. The van der Waals surface area contributed by atoms with Gasteiger partial charge in [0.1, 0.15) is 0 Å². The van der Waals surface area contributed by atoms with Crippen molar-refractivity contribution in [2.24, 2.45) is 5.84 Å². The maximum absolute atomic E-state index is 6.28. The summed E-state index contributed by atoms with van der Waals surface area (Å²) in [7, 11) is 0. The molecule has 2 aliphatic rings. The van der Waals surface area contributed by atoms with Crippen molar-refractivity contribution >= 4 is 0 Å². The molecule has 1 aliphatic carbocycles. The highest BCUT2D eigenvalue weighted by molar-refractivity contribution is 4.82. The van der Waals surface area contributed by atoms with Crippen LogP contribution in [0, 0.1) is 0 Å². The van der Waals surface area contributed by atoms with Gasteiger partial charge in [0, 0.05) is 18.7 Å². The fraction of sp³-hybridized carbons (Fsp3) is 1.00. The van der Waals surface area contributed by atoms with Gasteiger partial charge in [-0.05, 0) is 52.4 Å². The van der Waals surface area contributed by atoms with Crippen LogP contribution in [0.4, 0.5) is 0 Å². The quantitative estimate of drug-likeness (QED) is 0.618. The molecule has 1 saturated carbocycles. The highest BCUT2D eigenvalue weighted by atomic mass is 16.5. The normalized spacial score (nSPS) is 34.2. The average Bonchev–Trinajstić information content (AvgIpc) is 2.39. The lowest BCUT2D eigenvalue weighted by molar-refractivity contribution is -0.0460. The van der Waals surface area contributed by atoms with Gasteiger partial charge in [-0.2, -0.15) is 0 Å². The number of hydrogen-bond donors (Lipinski definition) is 1. The summed E-state index contributed by atoms with van der Waals surface area (Å²) in [6, 6.07) is 0.940. The van der Waals surface area contributed by atoms with Crippen molar-refractivity contribution in [3.63, 3.8) is 0 Å². The van der Waals surface area contributed by atoms with Crippen LogP contribution in [0.5, 0.6) is 0 Å². The molecule has 2 N–H and O–H groups in total. The molecule has 106 valence electrons. The molecular weight excluding hydrogens is 228 g/mol. The summed E-state index contributed by atoms with van der Waals surface area (Å²) in [4.78, 5) is 0. The van der Waals surface area contributed by atoms with Crippen molar-refractivity contribution in [2.75, 3.05) is 13.2 Å². The Hall–Kier alpha value is -0.160. The Morgan fingerprint density at radius 2 is 1.83 bits per heavy atom. The highest BCUT2D eigenvalue weighted by Crippen LogP contribution is 2.27. The molecule has 1 aliphatic heterocycles. The van der Waals surface area contributed by atoms with Gasteiger partial charge >= 0.3 is 0 Å². The molecule has 0 aromatic heterocycles. The van der Waals surface area contributed by atoms with E-state index in [0.29, 0.717) is 24.3 Å². The summed E-state index contributed by atoms with van der Waals surface area (Å²) in [5.41, 5.74) is 0. The van der Waals surface area contributed by atoms with Crippen LogP contribution in [-0.4, -0.2) is 42.5 Å². The van der Waals surface area contributed by atoms with Crippen molar-refractivity contribution in [3.05, 3.63) is 0 Å². The Balaban J connectivity index is 1.74. The van der Waals surface area contributed by atoms with E-state index in [2.05, 4.69) is 18.9 Å². The van der Waals surface area contributed by atoms with Gasteiger partial charge in [-0.3, -0.25) is 5.84 Å². The second-order valence-electron chi connectivity index (χ2n) is 5.93. The zero-order valence-corrected chi connectivity index (χ0v) is 11.8. The van der Waals surface area contributed by atoms with Crippen molar-refractivity contribution < 1.29 is 9.47 Å². The lowest BCUT2D eigenvalue weighted by atomic mass is 9.91. The minimum Gasteiger partial charge on any atom is -0.380 e. The minimum absolute atomic E-state index is 0.340. The van der Waals surface area contributed by atoms with E-state index in [4.69, 9.17) is 15.3 Å². The van der Waals surface area contributed by atoms with Crippen molar-refractivity contribution in [1.82, 2.24) is 5.01 Å². The summed E-state index contributed by atoms with van der Waals surface area (Å²) in [6.45, 7) is 5.93. The Bertz CT molecular complexity index is 234. The van der Waals surface area contributed by atoms with Crippen molar-refractivity contribution in [2.45, 2.75) is 76.7 Å². The molecule has 4 nitrogen and oxygen atoms in total. The van der Waals surface area contributed by atoms with Gasteiger partial charge in [-0.25, -0.2) is 5.01 Å². The van der Waals surface area contributed by atoms with E-state index in [1.165, 1.54) is 6.42 Å². The molecule has 2 rings (SSSR count). The van der Waals surface area contributed by atoms with Crippen LogP contribution < -0.4 is 5.84 Å². The third-order valence-corrected chi connectivity index (χ3v) is 4.09. The van der Waals surface area contributed by atoms with E-state index in [1.54, 1.807) is 0 Å². The van der Waals surface area contributed by atoms with Gasteiger partial charge in [0.2, 0.25) is 0 Å². The zero-order chi connectivity index (χ0) is 13.0. The molecule has 4 heteroatoms. The molecule has 1 saturated heterocycles. The summed E-state index contributed by atoms with van der Waals surface area (Å²) in [6.07, 6.45) is 7.70. The number of nitrogens with two attached hydrogens (primary N) is 1. The first-order valence-electron chi connectivity index (χ1n) is 7.43. The SMILES string of the molecule is CC(C)OC1CCC(N(N)C2CCCOC2)CC1. The Morgan fingerprint density at radius 3 is 2.39 bits per heavy atom. The first-order valence-corrected chi connectivity index (χ1v) is 7.43. The molecule has 0 amide bonds. The van der Waals surface area contributed by atoms with Gasteiger partial charge in [0.15, 0.2) is 0 Å². The van der Waals surface area contributed by atoms with E-state index in [1.807, 2.05) is 0 Å². The molecule has 1 unspecified atom stereocenters. The topological polar surface area (TPSA) is 47.7 Å². The van der Waals surface area contributed by atoms with Crippen LogP contribution in [-0.2, 0) is 9.47 Å². The van der Waals surface area contributed by atoms with Gasteiger partial charge in [-0.1, -0.05) is 0 Å². The van der Waals surface area contributed by atoms with E-state index < -0.39 is 0 Å². The third-order valence-electron chi connectivity index (χ3n) is 4.09. The van der Waals surface area contributed by atoms with Gasteiger partial charge in [0.05, 0.1) is 18.8 Å². The first-order chi connectivity index (χ1) is 8.66. The summed E-state index contributed by atoms with van der Waals surface area (Å²) in [5, 5.41) is 2.07. The molecule has 0 radical (unpaired) electrons. The Morgan fingerprint density at radius 1 is 1.11 bits per heavy atom. The van der Waals surface area contributed by atoms with Crippen LogP contribution in [0.1, 0.15) is 52.4 Å². The Kier molecular flexibility index (Phi) is 5.42. The predicted molar refractivity (Wildman–Crippen MR) is 72.1 cm³/mol. The zero-order valence-electron chi connectivity index (χ0n) is 11.8. The van der Waals surface area contributed by atoms with Crippen molar-refractivity contribution in [3.8, 4) is 0 Å². The molecule has 1 atom stereocenters. The maximum Gasteiger partial charge on any atom is 0.0635 e. The van der Waals surface area contributed by atoms with Crippen LogP contribution in [0.15, 0.2) is 0 Å². The summed E-state index contributed by atoms with van der Waals surface area (Å²) >= 11 is 0. The Labute approximate surface area is 111 Å². The van der Waals surface area contributed by atoms with E-state index in [-0.39, 0.29) is 0 Å². The number of rotatable bonds is 4. The predicted octanol–water partition coefficient (Wildman–Crippen LogP) is 2.08. The third kappa shape index (κ3) is 3.92.